The van der Waals surface area contributed by atoms with E-state index in [9.17, 15) is 9.50 Å². The molecular formula is C19H18FN5O. The number of H-pyrrole nitrogens is 1. The molecule has 0 aliphatic heterocycles. The number of anilines is 1. The molecule has 6 nitrogen and oxygen atoms in total. The molecule has 7 heteroatoms. The summed E-state index contributed by atoms with van der Waals surface area (Å²) in [6.07, 6.45) is 1.73. The Morgan fingerprint density at radius 2 is 2.00 bits per heavy atom. The van der Waals surface area contributed by atoms with Crippen LogP contribution in [0.5, 0.6) is 0 Å². The molecule has 4 rings (SSSR count). The van der Waals surface area contributed by atoms with E-state index < -0.39 is 0 Å². The lowest BCUT2D eigenvalue weighted by Crippen LogP contribution is -2.14. The highest BCUT2D eigenvalue weighted by Crippen LogP contribution is 2.25. The summed E-state index contributed by atoms with van der Waals surface area (Å²) >= 11 is 0. The molecule has 0 bridgehead atoms. The molecule has 0 saturated carbocycles. The van der Waals surface area contributed by atoms with Crippen LogP contribution in [0.25, 0.3) is 16.9 Å². The van der Waals surface area contributed by atoms with Gasteiger partial charge in [-0.2, -0.15) is 5.10 Å². The second-order valence-corrected chi connectivity index (χ2v) is 6.16. The Balaban J connectivity index is 1.67. The smallest absolute Gasteiger partial charge is 0.160 e. The van der Waals surface area contributed by atoms with Gasteiger partial charge in [0.2, 0.25) is 0 Å². The van der Waals surface area contributed by atoms with Crippen LogP contribution >= 0.6 is 0 Å². The largest absolute Gasteiger partial charge is 0.394 e. The molecule has 2 heterocycles. The molecule has 0 saturated heterocycles. The zero-order valence-corrected chi connectivity index (χ0v) is 14.1. The number of aliphatic hydroxyl groups excluding tert-OH is 1. The van der Waals surface area contributed by atoms with Gasteiger partial charge >= 0.3 is 0 Å². The standard InChI is InChI=1S/C19H18FN5O/c1-12-8-19(24-23-12)25-11-21-16-7-6-15(9-18(16)25)22-17(10-26)13-2-4-14(20)5-3-13/h2-9,11,17,22,26H,10H2,1H3,(H,23,24)/t17-/m0/s1. The minimum atomic E-state index is -0.336. The number of nitrogens with one attached hydrogen (secondary N) is 2. The van der Waals surface area contributed by atoms with Crippen LogP contribution in [0.4, 0.5) is 10.1 Å². The molecule has 2 aromatic heterocycles. The third kappa shape index (κ3) is 3.04. The average Bonchev–Trinajstić information content (AvgIpc) is 3.26. The summed E-state index contributed by atoms with van der Waals surface area (Å²) in [5, 5.41) is 20.2. The molecule has 3 N–H and O–H groups in total. The number of hydrogen-bond donors (Lipinski definition) is 3. The number of hydrogen-bond acceptors (Lipinski definition) is 4. The molecule has 0 unspecified atom stereocenters. The summed E-state index contributed by atoms with van der Waals surface area (Å²) in [7, 11) is 0. The van der Waals surface area contributed by atoms with E-state index in [0.29, 0.717) is 0 Å². The maximum Gasteiger partial charge on any atom is 0.160 e. The lowest BCUT2D eigenvalue weighted by molar-refractivity contribution is 0.276. The van der Waals surface area contributed by atoms with Gasteiger partial charge in [-0.15, -0.1) is 0 Å². The predicted molar refractivity (Wildman–Crippen MR) is 97.8 cm³/mol. The fourth-order valence-corrected chi connectivity index (χ4v) is 2.94. The van der Waals surface area contributed by atoms with Crippen molar-refractivity contribution in [3.05, 3.63) is 71.9 Å². The monoisotopic (exact) mass is 351 g/mol. The van der Waals surface area contributed by atoms with E-state index in [2.05, 4.69) is 20.5 Å². The number of halogens is 1. The van der Waals surface area contributed by atoms with Crippen molar-refractivity contribution < 1.29 is 9.50 Å². The van der Waals surface area contributed by atoms with Crippen molar-refractivity contribution in [3.8, 4) is 5.82 Å². The normalized spacial score (nSPS) is 12.4. The highest BCUT2D eigenvalue weighted by atomic mass is 19.1. The Kier molecular flexibility index (Phi) is 4.14. The molecule has 0 aliphatic carbocycles. The van der Waals surface area contributed by atoms with E-state index in [-0.39, 0.29) is 18.5 Å². The molecule has 2 aromatic carbocycles. The van der Waals surface area contributed by atoms with E-state index in [1.54, 1.807) is 18.5 Å². The van der Waals surface area contributed by atoms with E-state index in [1.165, 1.54) is 12.1 Å². The molecule has 132 valence electrons. The third-order valence-electron chi connectivity index (χ3n) is 4.28. The number of aromatic amines is 1. The Morgan fingerprint density at radius 1 is 1.19 bits per heavy atom. The van der Waals surface area contributed by atoms with Gasteiger partial charge in [0.25, 0.3) is 0 Å². The van der Waals surface area contributed by atoms with Crippen molar-refractivity contribution in [2.75, 3.05) is 11.9 Å². The number of imidazole rings is 1. The first-order valence-electron chi connectivity index (χ1n) is 8.26. The topological polar surface area (TPSA) is 78.8 Å². The number of aromatic nitrogens is 4. The fraction of sp³-hybridized carbons (Fsp3) is 0.158. The molecule has 0 aliphatic rings. The van der Waals surface area contributed by atoms with Crippen LogP contribution < -0.4 is 5.32 Å². The molecule has 4 aromatic rings. The number of fused-ring (bicyclic) bond motifs is 1. The van der Waals surface area contributed by atoms with E-state index in [1.807, 2.05) is 35.8 Å². The van der Waals surface area contributed by atoms with Gasteiger partial charge in [-0.1, -0.05) is 12.1 Å². The summed E-state index contributed by atoms with van der Waals surface area (Å²) in [5.74, 6) is 0.462. The molecular weight excluding hydrogens is 333 g/mol. The molecule has 0 amide bonds. The molecule has 0 radical (unpaired) electrons. The van der Waals surface area contributed by atoms with Gasteiger partial charge < -0.3 is 10.4 Å². The Bertz CT molecular complexity index is 1040. The van der Waals surface area contributed by atoms with E-state index in [4.69, 9.17) is 0 Å². The number of rotatable bonds is 5. The maximum absolute atomic E-state index is 13.1. The van der Waals surface area contributed by atoms with Gasteiger partial charge in [-0.3, -0.25) is 9.67 Å². The first kappa shape index (κ1) is 16.3. The van der Waals surface area contributed by atoms with Crippen molar-refractivity contribution in [2.45, 2.75) is 13.0 Å². The summed E-state index contributed by atoms with van der Waals surface area (Å²) in [6, 6.07) is 13.5. The predicted octanol–water partition coefficient (Wildman–Crippen LogP) is 3.34. The van der Waals surface area contributed by atoms with Gasteiger partial charge in [-0.25, -0.2) is 9.37 Å². The highest BCUT2D eigenvalue weighted by molar-refractivity contribution is 5.81. The summed E-state index contributed by atoms with van der Waals surface area (Å²) in [4.78, 5) is 4.40. The van der Waals surface area contributed by atoms with Crippen LogP contribution in [0.3, 0.4) is 0 Å². The van der Waals surface area contributed by atoms with Gasteiger partial charge in [0.15, 0.2) is 5.82 Å². The Morgan fingerprint density at radius 3 is 2.69 bits per heavy atom. The lowest BCUT2D eigenvalue weighted by Gasteiger charge is -2.18. The van der Waals surface area contributed by atoms with Crippen molar-refractivity contribution in [1.82, 2.24) is 19.7 Å². The third-order valence-corrected chi connectivity index (χ3v) is 4.28. The van der Waals surface area contributed by atoms with E-state index in [0.717, 1.165) is 33.8 Å². The van der Waals surface area contributed by atoms with Crippen molar-refractivity contribution >= 4 is 16.7 Å². The second kappa shape index (κ2) is 6.61. The first-order chi connectivity index (χ1) is 12.6. The zero-order chi connectivity index (χ0) is 18.1. The van der Waals surface area contributed by atoms with Crippen molar-refractivity contribution in [3.63, 3.8) is 0 Å². The Labute approximate surface area is 149 Å². The van der Waals surface area contributed by atoms with Crippen molar-refractivity contribution in [1.29, 1.82) is 0 Å². The van der Waals surface area contributed by atoms with E-state index >= 15 is 0 Å². The number of benzene rings is 2. The quantitative estimate of drug-likeness (QED) is 0.515. The highest BCUT2D eigenvalue weighted by Gasteiger charge is 2.13. The minimum absolute atomic E-state index is 0.110. The number of nitrogens with zero attached hydrogens (tertiary/aromatic N) is 3. The van der Waals surface area contributed by atoms with Crippen LogP contribution in [0, 0.1) is 12.7 Å². The number of aryl methyl sites for hydroxylation is 1. The summed E-state index contributed by atoms with van der Waals surface area (Å²) in [5.41, 5.74) is 4.35. The summed E-state index contributed by atoms with van der Waals surface area (Å²) in [6.45, 7) is 1.83. The fourth-order valence-electron chi connectivity index (χ4n) is 2.94. The molecule has 26 heavy (non-hydrogen) atoms. The van der Waals surface area contributed by atoms with Crippen molar-refractivity contribution in [2.24, 2.45) is 0 Å². The summed E-state index contributed by atoms with van der Waals surface area (Å²) < 4.78 is 15.0. The lowest BCUT2D eigenvalue weighted by atomic mass is 10.1. The van der Waals surface area contributed by atoms with Crippen LogP contribution in [-0.4, -0.2) is 31.5 Å². The van der Waals surface area contributed by atoms with Crippen LogP contribution in [0.2, 0.25) is 0 Å². The second-order valence-electron chi connectivity index (χ2n) is 6.16. The first-order valence-corrected chi connectivity index (χ1v) is 8.26. The Hall–Kier alpha value is -3.19. The SMILES string of the molecule is Cc1cc(-n2cnc3ccc(N[C@@H](CO)c4ccc(F)cc4)cc32)n[nH]1. The molecule has 1 atom stereocenters. The molecule has 0 fully saturated rings. The number of aliphatic hydroxyl groups is 1. The van der Waals surface area contributed by atoms with Gasteiger partial charge in [-0.05, 0) is 42.8 Å². The zero-order valence-electron chi connectivity index (χ0n) is 14.1. The minimum Gasteiger partial charge on any atom is -0.394 e. The van der Waals surface area contributed by atoms with Gasteiger partial charge in [0.1, 0.15) is 12.1 Å². The van der Waals surface area contributed by atoms with Gasteiger partial charge in [0.05, 0.1) is 23.7 Å². The molecule has 0 spiro atoms. The van der Waals surface area contributed by atoms with Crippen LogP contribution in [0.1, 0.15) is 17.3 Å². The average molecular weight is 351 g/mol. The van der Waals surface area contributed by atoms with Gasteiger partial charge in [0, 0.05) is 17.4 Å². The van der Waals surface area contributed by atoms with Crippen LogP contribution in [0.15, 0.2) is 54.9 Å². The van der Waals surface area contributed by atoms with Crippen LogP contribution in [-0.2, 0) is 0 Å². The maximum atomic E-state index is 13.1.